The Bertz CT molecular complexity index is 1530. The highest BCUT2D eigenvalue weighted by Gasteiger charge is 2.26. The largest absolute Gasteiger partial charge is 0.444 e. The second-order valence-corrected chi connectivity index (χ2v) is 10.7. The second kappa shape index (κ2) is 10.8. The summed E-state index contributed by atoms with van der Waals surface area (Å²) in [5.74, 6) is 0.170. The van der Waals surface area contributed by atoms with Crippen LogP contribution in [0.3, 0.4) is 0 Å². The number of hydrogen-bond donors (Lipinski definition) is 1. The number of likely N-dealkylation sites (tertiary alicyclic amines) is 1. The first-order valence-electron chi connectivity index (χ1n) is 12.8. The van der Waals surface area contributed by atoms with E-state index in [1.807, 2.05) is 53.7 Å². The number of fused-ring (bicyclic) bond motifs is 1. The van der Waals surface area contributed by atoms with Crippen molar-refractivity contribution in [1.82, 2.24) is 29.2 Å². The lowest BCUT2D eigenvalue weighted by atomic mass is 9.99. The van der Waals surface area contributed by atoms with Crippen LogP contribution in [0.5, 0.6) is 0 Å². The number of pyridine rings is 1. The van der Waals surface area contributed by atoms with E-state index in [4.69, 9.17) is 4.74 Å². The quantitative estimate of drug-likeness (QED) is 0.482. The third-order valence-corrected chi connectivity index (χ3v) is 6.04. The number of piperidine rings is 1. The minimum atomic E-state index is -0.565. The highest BCUT2D eigenvalue weighted by molar-refractivity contribution is 5.76. The van der Waals surface area contributed by atoms with Crippen molar-refractivity contribution in [3.63, 3.8) is 0 Å². The molecule has 4 rings (SSSR count). The van der Waals surface area contributed by atoms with Gasteiger partial charge in [-0.05, 0) is 77.3 Å². The second-order valence-electron chi connectivity index (χ2n) is 10.7. The predicted octanol–water partition coefficient (Wildman–Crippen LogP) is 5.14. The molecule has 0 saturated carbocycles. The van der Waals surface area contributed by atoms with Gasteiger partial charge in [-0.15, -0.1) is 0 Å². The normalized spacial score (nSPS) is 15.9. The van der Waals surface area contributed by atoms with Crippen LogP contribution in [-0.4, -0.2) is 54.0 Å². The predicted molar refractivity (Wildman–Crippen MR) is 148 cm³/mol. The third kappa shape index (κ3) is 6.24. The van der Waals surface area contributed by atoms with Gasteiger partial charge in [0, 0.05) is 31.0 Å². The van der Waals surface area contributed by atoms with E-state index in [1.165, 1.54) is 23.0 Å². The minimum absolute atomic E-state index is 0.202. The fourth-order valence-electron chi connectivity index (χ4n) is 4.16. The number of amides is 1. The van der Waals surface area contributed by atoms with E-state index in [0.717, 1.165) is 23.0 Å². The Kier molecular flexibility index (Phi) is 7.71. The summed E-state index contributed by atoms with van der Waals surface area (Å²) in [7, 11) is 0. The van der Waals surface area contributed by atoms with E-state index in [2.05, 4.69) is 26.8 Å². The van der Waals surface area contributed by atoms with E-state index in [0.29, 0.717) is 36.4 Å². The number of aromatic nitrogens is 5. The Morgan fingerprint density at radius 2 is 1.97 bits per heavy atom. The van der Waals surface area contributed by atoms with Crippen LogP contribution >= 0.6 is 0 Å². The van der Waals surface area contributed by atoms with Crippen molar-refractivity contribution < 1.29 is 13.9 Å². The molecule has 1 aliphatic heterocycles. The van der Waals surface area contributed by atoms with Crippen LogP contribution in [0.4, 0.5) is 15.1 Å². The molecule has 0 spiro atoms. The number of nitrogens with one attached hydrogen (secondary N) is 1. The molecule has 11 heteroatoms. The molecule has 3 aromatic rings. The van der Waals surface area contributed by atoms with Gasteiger partial charge in [-0.3, -0.25) is 4.79 Å². The molecule has 1 saturated heterocycles. The summed E-state index contributed by atoms with van der Waals surface area (Å²) < 4.78 is 22.1. The zero-order chi connectivity index (χ0) is 28.5. The van der Waals surface area contributed by atoms with Gasteiger partial charge in [-0.1, -0.05) is 12.7 Å². The molecule has 0 aliphatic carbocycles. The molecule has 0 aromatic carbocycles. The number of halogens is 1. The Hall–Kier alpha value is -4.28. The number of hydrogen-bond acceptors (Lipinski definition) is 7. The van der Waals surface area contributed by atoms with Gasteiger partial charge in [0.15, 0.2) is 11.5 Å². The minimum Gasteiger partial charge on any atom is -0.444 e. The van der Waals surface area contributed by atoms with Gasteiger partial charge in [0.05, 0.1) is 6.20 Å². The van der Waals surface area contributed by atoms with Crippen molar-refractivity contribution in [1.29, 1.82) is 0 Å². The molecule has 39 heavy (non-hydrogen) atoms. The third-order valence-electron chi connectivity index (χ3n) is 6.04. The Morgan fingerprint density at radius 1 is 1.23 bits per heavy atom. The van der Waals surface area contributed by atoms with Gasteiger partial charge in [0.25, 0.3) is 5.56 Å². The first kappa shape index (κ1) is 27.7. The molecule has 3 aromatic heterocycles. The van der Waals surface area contributed by atoms with Crippen molar-refractivity contribution >= 4 is 23.1 Å². The highest BCUT2D eigenvalue weighted by Crippen LogP contribution is 2.23. The number of allylic oxidation sites excluding steroid dienone is 3. The number of anilines is 1. The van der Waals surface area contributed by atoms with E-state index in [-0.39, 0.29) is 23.6 Å². The topological polar surface area (TPSA) is 107 Å². The van der Waals surface area contributed by atoms with Crippen molar-refractivity contribution in [3.05, 3.63) is 76.3 Å². The Balaban J connectivity index is 1.61. The van der Waals surface area contributed by atoms with Crippen molar-refractivity contribution in [2.75, 3.05) is 18.4 Å². The summed E-state index contributed by atoms with van der Waals surface area (Å²) in [6.07, 6.45) is 6.65. The van der Waals surface area contributed by atoms with Crippen LogP contribution in [-0.2, 0) is 4.74 Å². The maximum absolute atomic E-state index is 13.5. The number of carbonyl (C=O) groups is 1. The number of carbonyl (C=O) groups excluding carboxylic acids is 1. The monoisotopic (exact) mass is 535 g/mol. The van der Waals surface area contributed by atoms with Crippen molar-refractivity contribution in [2.45, 2.75) is 59.6 Å². The average Bonchev–Trinajstić information content (AvgIpc) is 3.14. The van der Waals surface area contributed by atoms with Gasteiger partial charge in [0.2, 0.25) is 5.95 Å². The molecule has 10 nitrogen and oxygen atoms in total. The molecule has 4 heterocycles. The summed E-state index contributed by atoms with van der Waals surface area (Å²) in [6.45, 7) is 16.2. The SMILES string of the molecule is C=C1CCN(C(=O)OC(C)(C)C)C/C1=C/C=C(\C)Nc1ncc2c(=O)n(C(C)C)n(-c3ccc(F)cn3)c2n1. The fourth-order valence-corrected chi connectivity index (χ4v) is 4.16. The van der Waals surface area contributed by atoms with E-state index >= 15 is 0 Å². The average molecular weight is 536 g/mol. The van der Waals surface area contributed by atoms with Crippen molar-refractivity contribution in [3.8, 4) is 5.82 Å². The summed E-state index contributed by atoms with van der Waals surface area (Å²) >= 11 is 0. The smallest absolute Gasteiger partial charge is 0.410 e. The fraction of sp³-hybridized carbons (Fsp3) is 0.393. The van der Waals surface area contributed by atoms with Gasteiger partial charge < -0.3 is 15.0 Å². The molecule has 0 bridgehead atoms. The molecule has 1 N–H and O–H groups in total. The van der Waals surface area contributed by atoms with Crippen molar-refractivity contribution in [2.24, 2.45) is 0 Å². The van der Waals surface area contributed by atoms with Crippen LogP contribution in [0.2, 0.25) is 0 Å². The molecule has 206 valence electrons. The Morgan fingerprint density at radius 3 is 2.62 bits per heavy atom. The molecule has 0 radical (unpaired) electrons. The molecular formula is C28H34FN7O3. The maximum Gasteiger partial charge on any atom is 0.410 e. The first-order valence-corrected chi connectivity index (χ1v) is 12.8. The van der Waals surface area contributed by atoms with Crippen LogP contribution < -0.4 is 10.9 Å². The van der Waals surface area contributed by atoms with Gasteiger partial charge >= 0.3 is 6.09 Å². The van der Waals surface area contributed by atoms with Crippen LogP contribution in [0, 0.1) is 5.82 Å². The number of ether oxygens (including phenoxy) is 1. The first-order chi connectivity index (χ1) is 18.3. The van der Waals surface area contributed by atoms with Gasteiger partial charge in [0.1, 0.15) is 16.8 Å². The lowest BCUT2D eigenvalue weighted by molar-refractivity contribution is 0.0259. The van der Waals surface area contributed by atoms with Gasteiger partial charge in [-0.2, -0.15) is 4.98 Å². The molecule has 1 aliphatic rings. The number of rotatable bonds is 5. The number of nitrogens with zero attached hydrogens (tertiary/aromatic N) is 6. The van der Waals surface area contributed by atoms with Gasteiger partial charge in [-0.25, -0.2) is 28.5 Å². The maximum atomic E-state index is 13.5. The molecule has 0 unspecified atom stereocenters. The molecular weight excluding hydrogens is 501 g/mol. The summed E-state index contributed by atoms with van der Waals surface area (Å²) in [4.78, 5) is 40.4. The van der Waals surface area contributed by atoms with Crippen LogP contribution in [0.1, 0.15) is 54.0 Å². The van der Waals surface area contributed by atoms with Crippen LogP contribution in [0.15, 0.2) is 64.9 Å². The zero-order valence-electron chi connectivity index (χ0n) is 23.2. The zero-order valence-corrected chi connectivity index (χ0v) is 23.2. The lowest BCUT2D eigenvalue weighted by Crippen LogP contribution is -2.41. The summed E-state index contributed by atoms with van der Waals surface area (Å²) in [5.41, 5.74) is 2.15. The van der Waals surface area contributed by atoms with E-state index < -0.39 is 11.4 Å². The van der Waals surface area contributed by atoms with E-state index in [9.17, 15) is 14.0 Å². The molecule has 1 amide bonds. The highest BCUT2D eigenvalue weighted by atomic mass is 19.1. The molecule has 1 fully saturated rings. The Labute approximate surface area is 226 Å². The summed E-state index contributed by atoms with van der Waals surface area (Å²) in [5, 5.41) is 3.48. The van der Waals surface area contributed by atoms with E-state index in [1.54, 1.807) is 9.58 Å². The standard InChI is InChI=1S/C28H34FN7O3/c1-17(2)35-25(37)22-15-31-26(33-24(22)36(35)23-11-10-21(29)14-30-23)32-19(4)8-9-20-16-34(13-12-18(20)3)27(38)39-28(5,6)7/h8-11,14-15,17H,3,12-13,16H2,1-2,4-7H3,(H,31,32,33)/b19-8+,20-9-. The van der Waals surface area contributed by atoms with Crippen LogP contribution in [0.25, 0.3) is 16.9 Å². The summed E-state index contributed by atoms with van der Waals surface area (Å²) in [6, 6.07) is 2.58. The lowest BCUT2D eigenvalue weighted by Gasteiger charge is -2.32. The molecule has 0 atom stereocenters.